The summed E-state index contributed by atoms with van der Waals surface area (Å²) in [6.07, 6.45) is 0. The van der Waals surface area contributed by atoms with Crippen LogP contribution in [0.5, 0.6) is 11.5 Å². The van der Waals surface area contributed by atoms with Gasteiger partial charge in [-0.25, -0.2) is 4.39 Å². The smallest absolute Gasteiger partial charge is 0.265 e. The van der Waals surface area contributed by atoms with Crippen molar-refractivity contribution in [2.24, 2.45) is 0 Å². The molecule has 0 aliphatic rings. The van der Waals surface area contributed by atoms with Crippen LogP contribution < -0.4 is 14.8 Å². The van der Waals surface area contributed by atoms with Gasteiger partial charge in [-0.1, -0.05) is 12.1 Å². The lowest BCUT2D eigenvalue weighted by molar-refractivity contribution is 0.103. The molecule has 146 valence electrons. The fourth-order valence-electron chi connectivity index (χ4n) is 2.41. The summed E-state index contributed by atoms with van der Waals surface area (Å²) in [6, 6.07) is 11.8. The van der Waals surface area contributed by atoms with Crippen LogP contribution in [0.3, 0.4) is 0 Å². The number of nitrogens with one attached hydrogen (secondary N) is 1. The van der Waals surface area contributed by atoms with Gasteiger partial charge in [0.05, 0.1) is 17.2 Å². The first-order chi connectivity index (χ1) is 13.5. The van der Waals surface area contributed by atoms with Gasteiger partial charge in [0.1, 0.15) is 12.4 Å². The van der Waals surface area contributed by atoms with Gasteiger partial charge < -0.3 is 14.8 Å². The van der Waals surface area contributed by atoms with Gasteiger partial charge in [0, 0.05) is 14.5 Å². The number of carbonyl (C=O) groups is 1. The first-order valence-electron chi connectivity index (χ1n) is 8.36. The van der Waals surface area contributed by atoms with Crippen LogP contribution in [0.15, 0.2) is 56.8 Å². The first kappa shape index (κ1) is 20.8. The number of halogens is 3. The predicted octanol–water partition coefficient (Wildman–Crippen LogP) is 6.64. The molecule has 0 spiro atoms. The third-order valence-corrected chi connectivity index (χ3v) is 5.89. The van der Waals surface area contributed by atoms with Crippen molar-refractivity contribution in [3.05, 3.63) is 73.0 Å². The third-order valence-electron chi connectivity index (χ3n) is 3.67. The van der Waals surface area contributed by atoms with E-state index in [9.17, 15) is 9.18 Å². The molecule has 0 atom stereocenters. The monoisotopic (exact) mass is 527 g/mol. The minimum atomic E-state index is -0.403. The standard InChI is InChI=1S/C20H16Br2FNO3S/c1-2-26-16-5-3-4-6-17(16)27-10-12-7-18(28-11-12)20(25)24-19-14(21)8-13(23)9-15(19)22/h3-9,11H,2,10H2,1H3,(H,24,25). The molecule has 0 unspecified atom stereocenters. The number of thiophene rings is 1. The van der Waals surface area contributed by atoms with Gasteiger partial charge in [-0.3, -0.25) is 4.79 Å². The van der Waals surface area contributed by atoms with E-state index >= 15 is 0 Å². The Hall–Kier alpha value is -1.90. The maximum absolute atomic E-state index is 13.4. The molecule has 1 aromatic heterocycles. The molecule has 28 heavy (non-hydrogen) atoms. The number of ether oxygens (including phenoxy) is 2. The largest absolute Gasteiger partial charge is 0.490 e. The van der Waals surface area contributed by atoms with Crippen LogP contribution in [0.25, 0.3) is 0 Å². The van der Waals surface area contributed by atoms with Crippen LogP contribution in [0.4, 0.5) is 10.1 Å². The molecule has 0 bridgehead atoms. The Morgan fingerprint density at radius 1 is 1.11 bits per heavy atom. The Balaban J connectivity index is 1.67. The molecule has 0 aliphatic carbocycles. The van der Waals surface area contributed by atoms with Gasteiger partial charge in [0.25, 0.3) is 5.91 Å². The molecular formula is C20H16Br2FNO3S. The van der Waals surface area contributed by atoms with Gasteiger partial charge in [0.2, 0.25) is 0 Å². The maximum atomic E-state index is 13.4. The van der Waals surface area contributed by atoms with Crippen molar-refractivity contribution in [3.8, 4) is 11.5 Å². The second kappa shape index (κ2) is 9.54. The number of hydrogen-bond acceptors (Lipinski definition) is 4. The van der Waals surface area contributed by atoms with Crippen LogP contribution in [-0.2, 0) is 6.61 Å². The van der Waals surface area contributed by atoms with Gasteiger partial charge in [-0.05, 0) is 74.5 Å². The zero-order valence-electron chi connectivity index (χ0n) is 14.8. The van der Waals surface area contributed by atoms with E-state index in [4.69, 9.17) is 9.47 Å². The Morgan fingerprint density at radius 3 is 2.39 bits per heavy atom. The number of benzene rings is 2. The van der Waals surface area contributed by atoms with E-state index in [1.54, 1.807) is 6.07 Å². The summed E-state index contributed by atoms with van der Waals surface area (Å²) in [7, 11) is 0. The summed E-state index contributed by atoms with van der Waals surface area (Å²) in [5.41, 5.74) is 1.35. The van der Waals surface area contributed by atoms with Gasteiger partial charge >= 0.3 is 0 Å². The minimum absolute atomic E-state index is 0.279. The molecule has 0 radical (unpaired) electrons. The van der Waals surface area contributed by atoms with Crippen LogP contribution in [0, 0.1) is 5.82 Å². The summed E-state index contributed by atoms with van der Waals surface area (Å²) in [4.78, 5) is 13.1. The highest BCUT2D eigenvalue weighted by atomic mass is 79.9. The van der Waals surface area contributed by atoms with Crippen molar-refractivity contribution >= 4 is 54.8 Å². The number of para-hydroxylation sites is 2. The van der Waals surface area contributed by atoms with Crippen molar-refractivity contribution in [3.63, 3.8) is 0 Å². The lowest BCUT2D eigenvalue weighted by Crippen LogP contribution is -2.11. The van der Waals surface area contributed by atoms with E-state index in [1.807, 2.05) is 36.6 Å². The number of rotatable bonds is 7. The van der Waals surface area contributed by atoms with Crippen LogP contribution in [0.1, 0.15) is 22.2 Å². The highest BCUT2D eigenvalue weighted by Crippen LogP contribution is 2.33. The molecule has 0 aliphatic heterocycles. The Morgan fingerprint density at radius 2 is 1.75 bits per heavy atom. The average Bonchev–Trinajstić information content (AvgIpc) is 3.13. The summed E-state index contributed by atoms with van der Waals surface area (Å²) in [5.74, 6) is 0.656. The molecule has 4 nitrogen and oxygen atoms in total. The fourth-order valence-corrected chi connectivity index (χ4v) is 4.53. The van der Waals surface area contributed by atoms with Crippen LogP contribution in [0.2, 0.25) is 0 Å². The van der Waals surface area contributed by atoms with Crippen LogP contribution in [-0.4, -0.2) is 12.5 Å². The quantitative estimate of drug-likeness (QED) is 0.374. The summed E-state index contributed by atoms with van der Waals surface area (Å²) >= 11 is 7.84. The lowest BCUT2D eigenvalue weighted by Gasteiger charge is -2.10. The number of anilines is 1. The molecule has 1 N–H and O–H groups in total. The molecule has 3 rings (SSSR count). The molecule has 2 aromatic carbocycles. The molecule has 0 saturated heterocycles. The molecule has 1 amide bonds. The van der Waals surface area contributed by atoms with Gasteiger partial charge in [-0.2, -0.15) is 0 Å². The molecule has 1 heterocycles. The summed E-state index contributed by atoms with van der Waals surface area (Å²) < 4.78 is 25.7. The van der Waals surface area contributed by atoms with E-state index in [0.717, 1.165) is 5.56 Å². The van der Waals surface area contributed by atoms with Crippen molar-refractivity contribution < 1.29 is 18.7 Å². The third kappa shape index (κ3) is 5.12. The van der Waals surface area contributed by atoms with Gasteiger partial charge in [-0.15, -0.1) is 11.3 Å². The molecule has 3 aromatic rings. The van der Waals surface area contributed by atoms with E-state index in [-0.39, 0.29) is 5.91 Å². The Labute approximate surface area is 182 Å². The average molecular weight is 529 g/mol. The topological polar surface area (TPSA) is 47.6 Å². The molecule has 8 heteroatoms. The summed E-state index contributed by atoms with van der Waals surface area (Å²) in [6.45, 7) is 2.79. The number of carbonyl (C=O) groups excluding carboxylic acids is 1. The zero-order valence-corrected chi connectivity index (χ0v) is 18.8. The van der Waals surface area contributed by atoms with Crippen molar-refractivity contribution in [2.45, 2.75) is 13.5 Å². The number of hydrogen-bond donors (Lipinski definition) is 1. The van der Waals surface area contributed by atoms with E-state index < -0.39 is 5.82 Å². The highest BCUT2D eigenvalue weighted by Gasteiger charge is 2.15. The lowest BCUT2D eigenvalue weighted by atomic mass is 10.3. The second-order valence-electron chi connectivity index (χ2n) is 5.69. The molecule has 0 fully saturated rings. The normalized spacial score (nSPS) is 10.6. The first-order valence-corrected chi connectivity index (χ1v) is 10.8. The fraction of sp³-hybridized carbons (Fsp3) is 0.150. The number of amides is 1. The minimum Gasteiger partial charge on any atom is -0.490 e. The van der Waals surface area contributed by atoms with Crippen molar-refractivity contribution in [2.75, 3.05) is 11.9 Å². The highest BCUT2D eigenvalue weighted by molar-refractivity contribution is 9.11. The van der Waals surface area contributed by atoms with E-state index in [2.05, 4.69) is 37.2 Å². The second-order valence-corrected chi connectivity index (χ2v) is 8.31. The summed E-state index contributed by atoms with van der Waals surface area (Å²) in [5, 5.41) is 4.65. The Kier molecular flexibility index (Phi) is 7.09. The predicted molar refractivity (Wildman–Crippen MR) is 116 cm³/mol. The molecule has 0 saturated carbocycles. The molecular weight excluding hydrogens is 513 g/mol. The van der Waals surface area contributed by atoms with Crippen molar-refractivity contribution in [1.29, 1.82) is 0 Å². The van der Waals surface area contributed by atoms with Crippen molar-refractivity contribution in [1.82, 2.24) is 0 Å². The zero-order chi connectivity index (χ0) is 20.1. The maximum Gasteiger partial charge on any atom is 0.265 e. The SMILES string of the molecule is CCOc1ccccc1OCc1csc(C(=O)Nc2c(Br)cc(F)cc2Br)c1. The van der Waals surface area contributed by atoms with Gasteiger partial charge in [0.15, 0.2) is 11.5 Å². The van der Waals surface area contributed by atoms with Crippen LogP contribution >= 0.6 is 43.2 Å². The van der Waals surface area contributed by atoms with E-state index in [1.165, 1.54) is 23.5 Å². The Bertz CT molecular complexity index is 970. The van der Waals surface area contributed by atoms with E-state index in [0.29, 0.717) is 44.2 Å².